The molecule has 0 aromatic rings. The average molecular weight is 341 g/mol. The molecule has 0 saturated heterocycles. The van der Waals surface area contributed by atoms with Gasteiger partial charge in [0.25, 0.3) is 0 Å². The Hall–Kier alpha value is -1.00. The summed E-state index contributed by atoms with van der Waals surface area (Å²) >= 11 is 0. The molecule has 2 N–H and O–H groups in total. The van der Waals surface area contributed by atoms with Crippen molar-refractivity contribution in [1.29, 1.82) is 0 Å². The molecular weight excluding hydrogens is 304 g/mol. The van der Waals surface area contributed by atoms with Crippen LogP contribution in [-0.4, -0.2) is 36.6 Å². The summed E-state index contributed by atoms with van der Waals surface area (Å²) in [6.07, 6.45) is 12.5. The third kappa shape index (κ3) is 8.74. The van der Waals surface area contributed by atoms with Gasteiger partial charge in [0.15, 0.2) is 0 Å². The molecule has 2 saturated carbocycles. The van der Waals surface area contributed by atoms with Gasteiger partial charge < -0.3 is 19.7 Å². The Bertz CT molecular complexity index is 284. The number of hydrogen-bond acceptors (Lipinski definition) is 4. The Labute approximate surface area is 147 Å². The van der Waals surface area contributed by atoms with E-state index >= 15 is 0 Å². The van der Waals surface area contributed by atoms with Gasteiger partial charge in [-0.3, -0.25) is 0 Å². The minimum atomic E-state index is 0.331. The fourth-order valence-corrected chi connectivity index (χ4v) is 3.57. The fourth-order valence-electron chi connectivity index (χ4n) is 3.57. The molecule has 0 aromatic heterocycles. The van der Waals surface area contributed by atoms with Crippen molar-refractivity contribution in [2.24, 2.45) is 23.7 Å². The first-order chi connectivity index (χ1) is 11.7. The maximum absolute atomic E-state index is 8.79. The summed E-state index contributed by atoms with van der Waals surface area (Å²) < 4.78 is 10.4. The highest BCUT2D eigenvalue weighted by Gasteiger charge is 2.21. The van der Waals surface area contributed by atoms with Gasteiger partial charge in [-0.25, -0.2) is 0 Å². The molecule has 2 aliphatic carbocycles. The molecule has 4 nitrogen and oxygen atoms in total. The van der Waals surface area contributed by atoms with Gasteiger partial charge in [0, 0.05) is 13.2 Å². The van der Waals surface area contributed by atoms with E-state index < -0.39 is 0 Å². The second-order valence-corrected chi connectivity index (χ2v) is 7.14. The van der Waals surface area contributed by atoms with E-state index in [-0.39, 0.29) is 0 Å². The highest BCUT2D eigenvalue weighted by atomic mass is 16.5. The molecule has 0 bridgehead atoms. The predicted octanol–water partition coefficient (Wildman–Crippen LogP) is 3.89. The smallest absolute Gasteiger partial charge is 0.0901 e. The molecule has 140 valence electrons. The lowest BCUT2D eigenvalue weighted by Gasteiger charge is -2.27. The number of aliphatic hydroxyl groups excluding tert-OH is 2. The van der Waals surface area contributed by atoms with E-state index in [0.717, 1.165) is 38.9 Å². The van der Waals surface area contributed by atoms with E-state index in [2.05, 4.69) is 13.2 Å². The number of rotatable bonds is 8. The number of aliphatic hydroxyl groups is 2. The molecule has 24 heavy (non-hydrogen) atoms. The van der Waals surface area contributed by atoms with Crippen molar-refractivity contribution in [2.75, 3.05) is 26.4 Å². The van der Waals surface area contributed by atoms with Crippen molar-refractivity contribution in [2.45, 2.75) is 51.4 Å². The van der Waals surface area contributed by atoms with Crippen molar-refractivity contribution in [3.8, 4) is 0 Å². The second-order valence-electron chi connectivity index (χ2n) is 7.14. The van der Waals surface area contributed by atoms with Gasteiger partial charge in [-0.15, -0.1) is 0 Å². The first-order valence-electron chi connectivity index (χ1n) is 9.40. The minimum Gasteiger partial charge on any atom is -0.502 e. The van der Waals surface area contributed by atoms with Crippen LogP contribution in [0.1, 0.15) is 51.4 Å². The fraction of sp³-hybridized carbons (Fsp3) is 0.800. The molecule has 0 aliphatic heterocycles. The summed E-state index contributed by atoms with van der Waals surface area (Å²) in [7, 11) is 0. The quantitative estimate of drug-likeness (QED) is 0.658. The Balaban J connectivity index is 0.000000254. The first kappa shape index (κ1) is 21.0. The van der Waals surface area contributed by atoms with Gasteiger partial charge >= 0.3 is 0 Å². The molecule has 0 atom stereocenters. The van der Waals surface area contributed by atoms with Crippen LogP contribution in [0.3, 0.4) is 0 Å². The Morgan fingerprint density at radius 3 is 1.17 bits per heavy atom. The lowest BCUT2D eigenvalue weighted by Crippen LogP contribution is -2.20. The normalized spacial score (nSPS) is 29.8. The summed E-state index contributed by atoms with van der Waals surface area (Å²) in [6, 6.07) is 0. The molecule has 0 unspecified atom stereocenters. The monoisotopic (exact) mass is 340 g/mol. The summed E-state index contributed by atoms with van der Waals surface area (Å²) in [5.74, 6) is 2.46. The van der Waals surface area contributed by atoms with Crippen LogP contribution in [0.5, 0.6) is 0 Å². The molecule has 2 rings (SSSR count). The number of hydrogen-bond donors (Lipinski definition) is 2. The topological polar surface area (TPSA) is 58.9 Å². The van der Waals surface area contributed by atoms with E-state index in [1.807, 2.05) is 0 Å². The van der Waals surface area contributed by atoms with Gasteiger partial charge in [-0.05, 0) is 75.0 Å². The Morgan fingerprint density at radius 2 is 0.917 bits per heavy atom. The van der Waals surface area contributed by atoms with Crippen LogP contribution >= 0.6 is 0 Å². The van der Waals surface area contributed by atoms with Gasteiger partial charge in [-0.1, -0.05) is 13.2 Å². The molecule has 0 heterocycles. The van der Waals surface area contributed by atoms with Crippen LogP contribution in [0.25, 0.3) is 0 Å². The molecule has 0 spiro atoms. The van der Waals surface area contributed by atoms with Crippen molar-refractivity contribution in [3.05, 3.63) is 25.7 Å². The van der Waals surface area contributed by atoms with Crippen LogP contribution in [0.4, 0.5) is 0 Å². The van der Waals surface area contributed by atoms with Crippen LogP contribution in [0, 0.1) is 23.7 Å². The highest BCUT2D eigenvalue weighted by molar-refractivity contribution is 4.73. The molecule has 2 fully saturated rings. The first-order valence-corrected chi connectivity index (χ1v) is 9.40. The maximum Gasteiger partial charge on any atom is 0.0901 e. The average Bonchev–Trinajstić information content (AvgIpc) is 2.66. The van der Waals surface area contributed by atoms with Crippen LogP contribution in [-0.2, 0) is 9.47 Å². The molecule has 0 aromatic carbocycles. The second kappa shape index (κ2) is 13.3. The Morgan fingerprint density at radius 1 is 0.625 bits per heavy atom. The molecule has 2 aliphatic rings. The lowest BCUT2D eigenvalue weighted by atomic mass is 9.83. The van der Waals surface area contributed by atoms with Gasteiger partial charge in [0.1, 0.15) is 0 Å². The largest absolute Gasteiger partial charge is 0.502 e. The molecule has 0 amide bonds. The molecule has 4 heteroatoms. The van der Waals surface area contributed by atoms with Gasteiger partial charge in [0.2, 0.25) is 0 Å². The molecular formula is C20H36O4. The van der Waals surface area contributed by atoms with Gasteiger partial charge in [-0.2, -0.15) is 0 Å². The van der Waals surface area contributed by atoms with E-state index in [1.54, 1.807) is 0 Å². The standard InChI is InChI=1S/C12H20O2.C8H16O2/c1-3-13-9-11-5-7-12(8-6-11)10-14-4-2;9-5-7-1-2-8(6-10)4-3-7/h3-4,11-12H,1-2,5-10H2;7-10H,1-6H2. The maximum atomic E-state index is 8.79. The molecule has 0 radical (unpaired) electrons. The Kier molecular flexibility index (Phi) is 11.7. The van der Waals surface area contributed by atoms with E-state index in [0.29, 0.717) is 36.9 Å². The predicted molar refractivity (Wildman–Crippen MR) is 97.4 cm³/mol. The van der Waals surface area contributed by atoms with Crippen LogP contribution < -0.4 is 0 Å². The zero-order chi connectivity index (χ0) is 17.6. The zero-order valence-corrected chi connectivity index (χ0v) is 15.1. The third-order valence-electron chi connectivity index (χ3n) is 5.35. The van der Waals surface area contributed by atoms with Crippen molar-refractivity contribution in [3.63, 3.8) is 0 Å². The lowest BCUT2D eigenvalue weighted by molar-refractivity contribution is 0.114. The highest BCUT2D eigenvalue weighted by Crippen LogP contribution is 2.29. The SMILES string of the molecule is C=COCC1CCC(COC=C)CC1.OCC1CCC(CO)CC1. The van der Waals surface area contributed by atoms with Crippen molar-refractivity contribution in [1.82, 2.24) is 0 Å². The van der Waals surface area contributed by atoms with E-state index in [4.69, 9.17) is 19.7 Å². The zero-order valence-electron chi connectivity index (χ0n) is 15.1. The van der Waals surface area contributed by atoms with Gasteiger partial charge in [0.05, 0.1) is 25.7 Å². The summed E-state index contributed by atoms with van der Waals surface area (Å²) in [4.78, 5) is 0. The van der Waals surface area contributed by atoms with Crippen molar-refractivity contribution < 1.29 is 19.7 Å². The summed E-state index contributed by atoms with van der Waals surface area (Å²) in [5.41, 5.74) is 0. The van der Waals surface area contributed by atoms with E-state index in [9.17, 15) is 0 Å². The summed E-state index contributed by atoms with van der Waals surface area (Å²) in [5, 5.41) is 17.6. The van der Waals surface area contributed by atoms with Crippen LogP contribution in [0.15, 0.2) is 25.7 Å². The summed E-state index contributed by atoms with van der Waals surface area (Å²) in [6.45, 7) is 9.42. The van der Waals surface area contributed by atoms with Crippen molar-refractivity contribution >= 4 is 0 Å². The minimum absolute atomic E-state index is 0.331. The third-order valence-corrected chi connectivity index (χ3v) is 5.35. The van der Waals surface area contributed by atoms with E-state index in [1.165, 1.54) is 38.2 Å². The van der Waals surface area contributed by atoms with Crippen LogP contribution in [0.2, 0.25) is 0 Å². The number of ether oxygens (including phenoxy) is 2.